The molecule has 1 N–H and O–H groups in total. The zero-order valence-electron chi connectivity index (χ0n) is 17.9. The third kappa shape index (κ3) is 6.07. The third-order valence-corrected chi connectivity index (χ3v) is 7.80. The summed E-state index contributed by atoms with van der Waals surface area (Å²) in [7, 11) is -0.518. The lowest BCUT2D eigenvalue weighted by Gasteiger charge is -2.31. The van der Waals surface area contributed by atoms with E-state index in [2.05, 4.69) is 5.32 Å². The molecule has 1 saturated heterocycles. The number of methoxy groups -OCH3 is 2. The first-order valence-electron chi connectivity index (χ1n) is 10.1. The number of hydrogen-bond acceptors (Lipinski definition) is 5. The lowest BCUT2D eigenvalue weighted by Crippen LogP contribution is -2.45. The predicted octanol–water partition coefficient (Wildman–Crippen LogP) is 3.87. The Balaban J connectivity index is 1.61. The molecule has 174 valence electrons. The second kappa shape index (κ2) is 10.7. The van der Waals surface area contributed by atoms with Crippen LogP contribution in [-0.2, 0) is 27.1 Å². The van der Waals surface area contributed by atoms with Crippen molar-refractivity contribution in [3.8, 4) is 11.5 Å². The zero-order chi connectivity index (χ0) is 23.3. The summed E-state index contributed by atoms with van der Waals surface area (Å²) >= 11 is 12.0. The van der Waals surface area contributed by atoms with Crippen molar-refractivity contribution < 1.29 is 22.7 Å². The van der Waals surface area contributed by atoms with Gasteiger partial charge in [0.2, 0.25) is 15.9 Å². The zero-order valence-corrected chi connectivity index (χ0v) is 20.3. The van der Waals surface area contributed by atoms with Gasteiger partial charge < -0.3 is 14.8 Å². The lowest BCUT2D eigenvalue weighted by molar-refractivity contribution is -0.126. The molecule has 0 aliphatic carbocycles. The largest absolute Gasteiger partial charge is 0.493 e. The van der Waals surface area contributed by atoms with Crippen LogP contribution in [-0.4, -0.2) is 45.9 Å². The molecule has 0 spiro atoms. The maximum Gasteiger partial charge on any atom is 0.224 e. The van der Waals surface area contributed by atoms with Crippen molar-refractivity contribution in [2.45, 2.75) is 25.1 Å². The summed E-state index contributed by atoms with van der Waals surface area (Å²) in [6, 6.07) is 10.2. The fourth-order valence-corrected chi connectivity index (χ4v) is 5.86. The number of amides is 1. The van der Waals surface area contributed by atoms with Gasteiger partial charge in [0, 0.05) is 29.7 Å². The summed E-state index contributed by atoms with van der Waals surface area (Å²) in [6.07, 6.45) is 1.24. The number of halogens is 2. The smallest absolute Gasteiger partial charge is 0.224 e. The van der Waals surface area contributed by atoms with Gasteiger partial charge in [0.15, 0.2) is 11.5 Å². The van der Waals surface area contributed by atoms with Crippen molar-refractivity contribution in [3.05, 3.63) is 57.6 Å². The summed E-state index contributed by atoms with van der Waals surface area (Å²) in [5.74, 6) is 0.360. The monoisotopic (exact) mass is 500 g/mol. The standard InChI is InChI=1S/C22H26Cl2N2O5S/c1-30-20-8-5-15(10-21(20)31-2)12-25-22(27)16-4-3-9-26(13-16)32(28,29)14-17-6-7-18(23)11-19(17)24/h5-8,10-11,16H,3-4,9,12-14H2,1-2H3,(H,25,27). The van der Waals surface area contributed by atoms with Crippen LogP contribution in [0.25, 0.3) is 0 Å². The molecule has 1 fully saturated rings. The number of nitrogens with zero attached hydrogens (tertiary/aromatic N) is 1. The van der Waals surface area contributed by atoms with Gasteiger partial charge >= 0.3 is 0 Å². The molecule has 7 nitrogen and oxygen atoms in total. The fraction of sp³-hybridized carbons (Fsp3) is 0.409. The van der Waals surface area contributed by atoms with Crippen molar-refractivity contribution in [1.82, 2.24) is 9.62 Å². The second-order valence-electron chi connectivity index (χ2n) is 7.60. The predicted molar refractivity (Wildman–Crippen MR) is 125 cm³/mol. The van der Waals surface area contributed by atoms with Crippen LogP contribution >= 0.6 is 23.2 Å². The van der Waals surface area contributed by atoms with Crippen LogP contribution in [0, 0.1) is 5.92 Å². The Morgan fingerprint density at radius 3 is 2.56 bits per heavy atom. The van der Waals surface area contributed by atoms with Crippen LogP contribution in [0.4, 0.5) is 0 Å². The molecule has 2 aromatic carbocycles. The van der Waals surface area contributed by atoms with Crippen LogP contribution in [0.5, 0.6) is 11.5 Å². The first-order chi connectivity index (χ1) is 15.2. The van der Waals surface area contributed by atoms with Gasteiger partial charge in [-0.1, -0.05) is 35.3 Å². The van der Waals surface area contributed by atoms with E-state index in [4.69, 9.17) is 32.7 Å². The number of hydrogen-bond donors (Lipinski definition) is 1. The number of carbonyl (C=O) groups is 1. The van der Waals surface area contributed by atoms with Crippen LogP contribution in [0.3, 0.4) is 0 Å². The van der Waals surface area contributed by atoms with Gasteiger partial charge in [-0.15, -0.1) is 0 Å². The van der Waals surface area contributed by atoms with Gasteiger partial charge in [-0.05, 0) is 48.2 Å². The molecule has 0 saturated carbocycles. The van der Waals surface area contributed by atoms with Crippen molar-refractivity contribution in [2.75, 3.05) is 27.3 Å². The SMILES string of the molecule is COc1ccc(CNC(=O)C2CCCN(S(=O)(=O)Cc3ccc(Cl)cc3Cl)C2)cc1OC. The minimum absolute atomic E-state index is 0.144. The topological polar surface area (TPSA) is 84.9 Å². The molecule has 1 aliphatic heterocycles. The molecular formula is C22H26Cl2N2O5S. The summed E-state index contributed by atoms with van der Waals surface area (Å²) in [6.45, 7) is 0.834. The third-order valence-electron chi connectivity index (χ3n) is 5.42. The van der Waals surface area contributed by atoms with Crippen molar-refractivity contribution in [2.24, 2.45) is 5.92 Å². The minimum Gasteiger partial charge on any atom is -0.493 e. The highest BCUT2D eigenvalue weighted by Gasteiger charge is 2.32. The Morgan fingerprint density at radius 2 is 1.88 bits per heavy atom. The maximum absolute atomic E-state index is 12.9. The van der Waals surface area contributed by atoms with E-state index in [0.29, 0.717) is 53.0 Å². The Hall–Kier alpha value is -2.00. The van der Waals surface area contributed by atoms with Crippen LogP contribution in [0.2, 0.25) is 10.0 Å². The quantitative estimate of drug-likeness (QED) is 0.594. The highest BCUT2D eigenvalue weighted by molar-refractivity contribution is 7.88. The number of piperidine rings is 1. The van der Waals surface area contributed by atoms with E-state index in [-0.39, 0.29) is 18.2 Å². The average molecular weight is 501 g/mol. The molecule has 10 heteroatoms. The molecule has 1 atom stereocenters. The number of ether oxygens (including phenoxy) is 2. The average Bonchev–Trinajstić information content (AvgIpc) is 2.79. The summed E-state index contributed by atoms with van der Waals surface area (Å²) < 4.78 is 37.8. The first-order valence-corrected chi connectivity index (χ1v) is 12.5. The minimum atomic E-state index is -3.63. The highest BCUT2D eigenvalue weighted by Crippen LogP contribution is 2.28. The van der Waals surface area contributed by atoms with E-state index in [9.17, 15) is 13.2 Å². The first kappa shape index (κ1) is 24.6. The van der Waals surface area contributed by atoms with Gasteiger partial charge in [0.25, 0.3) is 0 Å². The number of benzene rings is 2. The van der Waals surface area contributed by atoms with Gasteiger partial charge in [-0.3, -0.25) is 4.79 Å². The van der Waals surface area contributed by atoms with E-state index in [1.807, 2.05) is 6.07 Å². The molecule has 1 aliphatic rings. The molecule has 0 aromatic heterocycles. The van der Waals surface area contributed by atoms with Crippen molar-refractivity contribution in [3.63, 3.8) is 0 Å². The summed E-state index contributed by atoms with van der Waals surface area (Å²) in [5, 5.41) is 3.65. The fourth-order valence-electron chi connectivity index (χ4n) is 3.66. The lowest BCUT2D eigenvalue weighted by atomic mass is 9.98. The molecule has 2 aromatic rings. The van der Waals surface area contributed by atoms with Gasteiger partial charge in [-0.25, -0.2) is 12.7 Å². The molecule has 0 bridgehead atoms. The molecule has 1 unspecified atom stereocenters. The van der Waals surface area contributed by atoms with Gasteiger partial charge in [0.1, 0.15) is 0 Å². The van der Waals surface area contributed by atoms with Crippen LogP contribution in [0.1, 0.15) is 24.0 Å². The normalized spacial score (nSPS) is 17.1. The van der Waals surface area contributed by atoms with Gasteiger partial charge in [0.05, 0.1) is 25.9 Å². The Kier molecular flexibility index (Phi) is 8.27. The Bertz CT molecular complexity index is 1080. The Morgan fingerprint density at radius 1 is 1.12 bits per heavy atom. The number of nitrogens with one attached hydrogen (secondary N) is 1. The molecule has 1 amide bonds. The maximum atomic E-state index is 12.9. The van der Waals surface area contributed by atoms with Crippen LogP contribution in [0.15, 0.2) is 36.4 Å². The number of carbonyl (C=O) groups excluding carboxylic acids is 1. The Labute approximate surface area is 198 Å². The van der Waals surface area contributed by atoms with E-state index in [1.165, 1.54) is 10.4 Å². The molecule has 1 heterocycles. The summed E-state index contributed by atoms with van der Waals surface area (Å²) in [4.78, 5) is 12.7. The summed E-state index contributed by atoms with van der Waals surface area (Å²) in [5.41, 5.74) is 1.34. The van der Waals surface area contributed by atoms with Crippen molar-refractivity contribution >= 4 is 39.1 Å². The molecule has 32 heavy (non-hydrogen) atoms. The van der Waals surface area contributed by atoms with E-state index < -0.39 is 15.9 Å². The second-order valence-corrected chi connectivity index (χ2v) is 10.4. The molecule has 3 rings (SSSR count). The highest BCUT2D eigenvalue weighted by atomic mass is 35.5. The number of sulfonamides is 1. The molecule has 0 radical (unpaired) electrons. The molecular weight excluding hydrogens is 475 g/mol. The van der Waals surface area contributed by atoms with Gasteiger partial charge in [-0.2, -0.15) is 0 Å². The van der Waals surface area contributed by atoms with E-state index in [0.717, 1.165) is 5.56 Å². The number of rotatable bonds is 8. The van der Waals surface area contributed by atoms with Crippen LogP contribution < -0.4 is 14.8 Å². The van der Waals surface area contributed by atoms with E-state index in [1.54, 1.807) is 38.5 Å². The van der Waals surface area contributed by atoms with Crippen molar-refractivity contribution in [1.29, 1.82) is 0 Å². The van der Waals surface area contributed by atoms with E-state index >= 15 is 0 Å².